The third-order valence-corrected chi connectivity index (χ3v) is 6.08. The summed E-state index contributed by atoms with van der Waals surface area (Å²) in [6, 6.07) is 18.6. The molecule has 1 fully saturated rings. The van der Waals surface area contributed by atoms with Crippen LogP contribution in [0.2, 0.25) is 0 Å². The highest BCUT2D eigenvalue weighted by Gasteiger charge is 2.26. The van der Waals surface area contributed by atoms with E-state index in [2.05, 4.69) is 20.0 Å². The maximum atomic E-state index is 6.27. The normalized spacial score (nSPS) is 18.9. The maximum Gasteiger partial charge on any atom is 0.164 e. The van der Waals surface area contributed by atoms with E-state index in [1.54, 1.807) is 0 Å². The number of hydrogen-bond acceptors (Lipinski definition) is 6. The van der Waals surface area contributed by atoms with Gasteiger partial charge in [-0.3, -0.25) is 0 Å². The Morgan fingerprint density at radius 1 is 0.935 bits per heavy atom. The minimum atomic E-state index is 0.316. The predicted molar refractivity (Wildman–Crippen MR) is 122 cm³/mol. The zero-order valence-electron chi connectivity index (χ0n) is 17.5. The van der Waals surface area contributed by atoms with Crippen LogP contribution in [-0.4, -0.2) is 32.8 Å². The maximum absolute atomic E-state index is 6.27. The van der Waals surface area contributed by atoms with E-state index in [-0.39, 0.29) is 0 Å². The number of para-hydroxylation sites is 1. The first-order valence-electron chi connectivity index (χ1n) is 10.7. The summed E-state index contributed by atoms with van der Waals surface area (Å²) < 4.78 is 7.98. The van der Waals surface area contributed by atoms with Crippen molar-refractivity contribution >= 4 is 16.9 Å². The van der Waals surface area contributed by atoms with Crippen molar-refractivity contribution in [3.05, 3.63) is 60.9 Å². The number of nitrogens with one attached hydrogen (secondary N) is 1. The van der Waals surface area contributed by atoms with E-state index >= 15 is 0 Å². The number of ether oxygens (including phenoxy) is 1. The fraction of sp³-hybridized carbons (Fsp3) is 0.292. The van der Waals surface area contributed by atoms with Gasteiger partial charge in [-0.15, -0.1) is 0 Å². The number of fused-ring (bicyclic) bond motifs is 1. The fourth-order valence-electron chi connectivity index (χ4n) is 4.37. The molecule has 1 aliphatic rings. The predicted octanol–water partition coefficient (Wildman–Crippen LogP) is 4.57. The minimum Gasteiger partial charge on any atom is -0.457 e. The highest BCUT2D eigenvalue weighted by molar-refractivity contribution is 5.98. The molecule has 2 heterocycles. The van der Waals surface area contributed by atoms with Gasteiger partial charge in [0.25, 0.3) is 0 Å². The van der Waals surface area contributed by atoms with Gasteiger partial charge in [0.15, 0.2) is 5.65 Å². The summed E-state index contributed by atoms with van der Waals surface area (Å²) in [5.41, 5.74) is 8.86. The average Bonchev–Trinajstić information content (AvgIpc) is 3.21. The molecule has 7 nitrogen and oxygen atoms in total. The molecule has 7 heteroatoms. The highest BCUT2D eigenvalue weighted by Crippen LogP contribution is 2.36. The van der Waals surface area contributed by atoms with Gasteiger partial charge in [-0.25, -0.2) is 14.6 Å². The van der Waals surface area contributed by atoms with Crippen LogP contribution in [0.4, 0.5) is 5.82 Å². The molecule has 0 aliphatic heterocycles. The van der Waals surface area contributed by atoms with Crippen LogP contribution in [-0.2, 0) is 0 Å². The first-order valence-corrected chi connectivity index (χ1v) is 10.7. The molecule has 0 saturated heterocycles. The highest BCUT2D eigenvalue weighted by atomic mass is 16.5. The number of benzene rings is 2. The SMILES string of the molecule is CNC1CCC(n2nc(-c3ccc(Oc4ccccc4)cc3)c3c(N)ncnc32)CC1. The van der Waals surface area contributed by atoms with Crippen molar-refractivity contribution in [2.45, 2.75) is 37.8 Å². The van der Waals surface area contributed by atoms with Gasteiger partial charge in [-0.05, 0) is 69.1 Å². The van der Waals surface area contributed by atoms with Crippen LogP contribution in [0.25, 0.3) is 22.3 Å². The number of hydrogen-bond donors (Lipinski definition) is 2. The van der Waals surface area contributed by atoms with Gasteiger partial charge >= 0.3 is 0 Å². The Balaban J connectivity index is 1.48. The molecule has 0 unspecified atom stereocenters. The Kier molecular flexibility index (Phi) is 5.26. The van der Waals surface area contributed by atoms with Crippen molar-refractivity contribution < 1.29 is 4.74 Å². The largest absolute Gasteiger partial charge is 0.457 e. The molecule has 0 atom stereocenters. The molecule has 1 aliphatic carbocycles. The smallest absolute Gasteiger partial charge is 0.164 e. The van der Waals surface area contributed by atoms with Gasteiger partial charge in [-0.2, -0.15) is 5.10 Å². The third kappa shape index (κ3) is 3.84. The second-order valence-electron chi connectivity index (χ2n) is 7.98. The second kappa shape index (κ2) is 8.35. The first-order chi connectivity index (χ1) is 15.2. The van der Waals surface area contributed by atoms with Crippen LogP contribution in [0.15, 0.2) is 60.9 Å². The summed E-state index contributed by atoms with van der Waals surface area (Å²) in [6.45, 7) is 0. The molecule has 3 N–H and O–H groups in total. The third-order valence-electron chi connectivity index (χ3n) is 6.08. The van der Waals surface area contributed by atoms with E-state index in [9.17, 15) is 0 Å². The monoisotopic (exact) mass is 414 g/mol. The van der Waals surface area contributed by atoms with Crippen LogP contribution in [0.3, 0.4) is 0 Å². The molecule has 0 amide bonds. The summed E-state index contributed by atoms with van der Waals surface area (Å²) >= 11 is 0. The first kappa shape index (κ1) is 19.5. The van der Waals surface area contributed by atoms with E-state index < -0.39 is 0 Å². The van der Waals surface area contributed by atoms with Crippen LogP contribution in [0, 0.1) is 0 Å². The lowest BCUT2D eigenvalue weighted by molar-refractivity contribution is 0.289. The van der Waals surface area contributed by atoms with E-state index in [1.807, 2.05) is 61.6 Å². The molecule has 5 rings (SSSR count). The topological polar surface area (TPSA) is 90.9 Å². The fourth-order valence-corrected chi connectivity index (χ4v) is 4.37. The molecule has 0 bridgehead atoms. The van der Waals surface area contributed by atoms with Gasteiger partial charge in [0, 0.05) is 11.6 Å². The summed E-state index contributed by atoms with van der Waals surface area (Å²) in [7, 11) is 2.03. The van der Waals surface area contributed by atoms with Crippen molar-refractivity contribution in [3.8, 4) is 22.8 Å². The number of nitrogen functional groups attached to an aromatic ring is 1. The van der Waals surface area contributed by atoms with Gasteiger partial charge in [0.1, 0.15) is 29.3 Å². The molecular weight excluding hydrogens is 388 g/mol. The molecule has 31 heavy (non-hydrogen) atoms. The van der Waals surface area contributed by atoms with E-state index in [0.29, 0.717) is 17.9 Å². The van der Waals surface area contributed by atoms with E-state index in [0.717, 1.165) is 59.5 Å². The molecule has 0 spiro atoms. The Bertz CT molecular complexity index is 1160. The second-order valence-corrected chi connectivity index (χ2v) is 7.98. The number of anilines is 1. The number of nitrogens with zero attached hydrogens (tertiary/aromatic N) is 4. The Morgan fingerprint density at radius 3 is 2.35 bits per heavy atom. The summed E-state index contributed by atoms with van der Waals surface area (Å²) in [5, 5.41) is 9.19. The molecule has 4 aromatic rings. The number of nitrogens with two attached hydrogens (primary N) is 1. The zero-order valence-corrected chi connectivity index (χ0v) is 17.5. The quantitative estimate of drug-likeness (QED) is 0.497. The van der Waals surface area contributed by atoms with Crippen LogP contribution < -0.4 is 15.8 Å². The summed E-state index contributed by atoms with van der Waals surface area (Å²) in [6.07, 6.45) is 5.91. The molecule has 158 valence electrons. The van der Waals surface area contributed by atoms with E-state index in [4.69, 9.17) is 15.6 Å². The standard InChI is InChI=1S/C24H26N6O/c1-26-17-9-11-18(12-10-17)30-24-21(23(25)27-15-28-24)22(29-30)16-7-13-20(14-8-16)31-19-5-3-2-4-6-19/h2-8,13-15,17-18,26H,9-12H2,1H3,(H2,25,27,28). The van der Waals surface area contributed by atoms with Gasteiger partial charge in [0.05, 0.1) is 11.4 Å². The number of rotatable bonds is 5. The van der Waals surface area contributed by atoms with Crippen LogP contribution >= 0.6 is 0 Å². The van der Waals surface area contributed by atoms with Crippen molar-refractivity contribution in [2.24, 2.45) is 0 Å². The van der Waals surface area contributed by atoms with Crippen molar-refractivity contribution in [1.29, 1.82) is 0 Å². The molecule has 1 saturated carbocycles. The average molecular weight is 415 g/mol. The lowest BCUT2D eigenvalue weighted by Crippen LogP contribution is -2.31. The van der Waals surface area contributed by atoms with Crippen molar-refractivity contribution in [1.82, 2.24) is 25.1 Å². The van der Waals surface area contributed by atoms with Gasteiger partial charge < -0.3 is 15.8 Å². The Morgan fingerprint density at radius 2 is 1.65 bits per heavy atom. The Hall–Kier alpha value is -3.45. The van der Waals surface area contributed by atoms with Crippen molar-refractivity contribution in [3.63, 3.8) is 0 Å². The van der Waals surface area contributed by atoms with Crippen LogP contribution in [0.1, 0.15) is 31.7 Å². The molecule has 2 aromatic heterocycles. The zero-order chi connectivity index (χ0) is 21.2. The molecule has 0 radical (unpaired) electrons. The molecular formula is C24H26N6O. The van der Waals surface area contributed by atoms with Crippen LogP contribution in [0.5, 0.6) is 11.5 Å². The Labute approximate surface area is 181 Å². The molecule has 2 aromatic carbocycles. The van der Waals surface area contributed by atoms with Gasteiger partial charge in [0.2, 0.25) is 0 Å². The summed E-state index contributed by atoms with van der Waals surface area (Å²) in [5.74, 6) is 2.04. The minimum absolute atomic E-state index is 0.316. The number of aromatic nitrogens is 4. The van der Waals surface area contributed by atoms with Crippen molar-refractivity contribution in [2.75, 3.05) is 12.8 Å². The van der Waals surface area contributed by atoms with Gasteiger partial charge in [-0.1, -0.05) is 18.2 Å². The lowest BCUT2D eigenvalue weighted by Gasteiger charge is -2.28. The van der Waals surface area contributed by atoms with E-state index in [1.165, 1.54) is 6.33 Å². The lowest BCUT2D eigenvalue weighted by atomic mass is 9.91. The summed E-state index contributed by atoms with van der Waals surface area (Å²) in [4.78, 5) is 8.77.